The van der Waals surface area contributed by atoms with Crippen LogP contribution in [0.3, 0.4) is 0 Å². The zero-order valence-corrected chi connectivity index (χ0v) is 14.3. The molecule has 0 amide bonds. The quantitative estimate of drug-likeness (QED) is 0.749. The van der Waals surface area contributed by atoms with Crippen LogP contribution in [0.1, 0.15) is 32.4 Å². The molecule has 2 heterocycles. The fourth-order valence-electron chi connectivity index (χ4n) is 2.51. The Morgan fingerprint density at radius 2 is 2.00 bits per heavy atom. The van der Waals surface area contributed by atoms with Gasteiger partial charge in [-0.05, 0) is 38.5 Å². The van der Waals surface area contributed by atoms with Gasteiger partial charge in [-0.3, -0.25) is 4.68 Å². The van der Waals surface area contributed by atoms with Gasteiger partial charge in [0.1, 0.15) is 11.6 Å². The van der Waals surface area contributed by atoms with Gasteiger partial charge in [0.15, 0.2) is 5.65 Å². The molecule has 3 N–H and O–H groups in total. The number of nitrogens with one attached hydrogen (secondary N) is 1. The van der Waals surface area contributed by atoms with Gasteiger partial charge in [0.2, 0.25) is 5.95 Å². The van der Waals surface area contributed by atoms with Gasteiger partial charge in [-0.1, -0.05) is 12.1 Å². The van der Waals surface area contributed by atoms with E-state index >= 15 is 0 Å². The first-order chi connectivity index (χ1) is 11.4. The molecule has 0 bridgehead atoms. The summed E-state index contributed by atoms with van der Waals surface area (Å²) < 4.78 is 7.43. The Morgan fingerprint density at radius 3 is 2.75 bits per heavy atom. The van der Waals surface area contributed by atoms with Gasteiger partial charge in [0.25, 0.3) is 0 Å². The number of benzene rings is 1. The van der Waals surface area contributed by atoms with Gasteiger partial charge in [0.05, 0.1) is 23.7 Å². The van der Waals surface area contributed by atoms with Crippen molar-refractivity contribution < 1.29 is 4.74 Å². The van der Waals surface area contributed by atoms with Gasteiger partial charge in [0, 0.05) is 7.05 Å². The largest absolute Gasteiger partial charge is 0.491 e. The maximum Gasteiger partial charge on any atom is 0.227 e. The van der Waals surface area contributed by atoms with Crippen molar-refractivity contribution in [3.05, 3.63) is 36.0 Å². The summed E-state index contributed by atoms with van der Waals surface area (Å²) in [4.78, 5) is 8.82. The van der Waals surface area contributed by atoms with Crippen LogP contribution in [0.2, 0.25) is 0 Å². The molecule has 0 fully saturated rings. The van der Waals surface area contributed by atoms with Crippen LogP contribution in [0.15, 0.2) is 30.5 Å². The first kappa shape index (κ1) is 16.0. The van der Waals surface area contributed by atoms with Crippen LogP contribution in [0.25, 0.3) is 11.0 Å². The summed E-state index contributed by atoms with van der Waals surface area (Å²) in [6.07, 6.45) is 1.81. The normalized spacial score (nSPS) is 12.5. The first-order valence-electron chi connectivity index (χ1n) is 7.92. The molecule has 7 nitrogen and oxygen atoms in total. The third-order valence-electron chi connectivity index (χ3n) is 3.70. The molecule has 3 aromatic rings. The molecule has 24 heavy (non-hydrogen) atoms. The second-order valence-corrected chi connectivity index (χ2v) is 6.04. The Kier molecular flexibility index (Phi) is 4.24. The summed E-state index contributed by atoms with van der Waals surface area (Å²) in [7, 11) is 1.83. The fourth-order valence-corrected chi connectivity index (χ4v) is 2.51. The molecule has 0 saturated carbocycles. The van der Waals surface area contributed by atoms with E-state index in [1.165, 1.54) is 0 Å². The molecule has 2 aromatic heterocycles. The van der Waals surface area contributed by atoms with Crippen LogP contribution in [0.4, 0.5) is 11.8 Å². The van der Waals surface area contributed by atoms with Crippen LogP contribution < -0.4 is 15.8 Å². The van der Waals surface area contributed by atoms with E-state index in [0.717, 1.165) is 16.7 Å². The summed E-state index contributed by atoms with van der Waals surface area (Å²) in [6.45, 7) is 6.06. The highest BCUT2D eigenvalue weighted by atomic mass is 16.5. The third kappa shape index (κ3) is 3.24. The van der Waals surface area contributed by atoms with E-state index in [2.05, 4.69) is 20.4 Å². The number of nitrogen functional groups attached to an aromatic ring is 1. The number of aromatic nitrogens is 4. The Morgan fingerprint density at radius 1 is 1.21 bits per heavy atom. The van der Waals surface area contributed by atoms with Crippen molar-refractivity contribution in [2.45, 2.75) is 32.9 Å². The number of anilines is 2. The molecule has 3 rings (SSSR count). The SMILES string of the molecule is CC(C)Oc1cccc(C(C)Nc2nc(N)c3cnn(C)c3n2)c1. The summed E-state index contributed by atoms with van der Waals surface area (Å²) in [6, 6.07) is 7.99. The highest BCUT2D eigenvalue weighted by molar-refractivity contribution is 5.86. The van der Waals surface area contributed by atoms with Crippen LogP contribution in [0.5, 0.6) is 5.75 Å². The Hall–Kier alpha value is -2.83. The molecule has 0 aliphatic carbocycles. The molecular weight excluding hydrogens is 304 g/mol. The lowest BCUT2D eigenvalue weighted by Gasteiger charge is -2.17. The molecule has 0 radical (unpaired) electrons. The highest BCUT2D eigenvalue weighted by Crippen LogP contribution is 2.24. The molecule has 0 aliphatic rings. The number of ether oxygens (including phenoxy) is 1. The number of hydrogen-bond donors (Lipinski definition) is 2. The number of fused-ring (bicyclic) bond motifs is 1. The highest BCUT2D eigenvalue weighted by Gasteiger charge is 2.13. The molecule has 0 spiro atoms. The summed E-state index contributed by atoms with van der Waals surface area (Å²) in [5.41, 5.74) is 7.79. The topological polar surface area (TPSA) is 90.9 Å². The second kappa shape index (κ2) is 6.35. The predicted octanol–water partition coefficient (Wildman–Crippen LogP) is 2.91. The molecular formula is C17H22N6O. The maximum absolute atomic E-state index is 6.00. The van der Waals surface area contributed by atoms with E-state index in [-0.39, 0.29) is 12.1 Å². The van der Waals surface area contributed by atoms with Gasteiger partial charge in [-0.15, -0.1) is 0 Å². The zero-order valence-electron chi connectivity index (χ0n) is 14.3. The van der Waals surface area contributed by atoms with E-state index in [0.29, 0.717) is 17.4 Å². The summed E-state index contributed by atoms with van der Waals surface area (Å²) in [5, 5.41) is 8.21. The minimum Gasteiger partial charge on any atom is -0.491 e. The van der Waals surface area contributed by atoms with E-state index in [1.807, 2.05) is 52.1 Å². The Balaban J connectivity index is 1.84. The van der Waals surface area contributed by atoms with E-state index in [4.69, 9.17) is 10.5 Å². The number of aryl methyl sites for hydroxylation is 1. The molecule has 0 saturated heterocycles. The average Bonchev–Trinajstić information content (AvgIpc) is 2.89. The fraction of sp³-hybridized carbons (Fsp3) is 0.353. The molecule has 0 aliphatic heterocycles. The van der Waals surface area contributed by atoms with Crippen LogP contribution in [-0.4, -0.2) is 25.9 Å². The lowest BCUT2D eigenvalue weighted by Crippen LogP contribution is -2.12. The maximum atomic E-state index is 6.00. The van der Waals surface area contributed by atoms with E-state index in [9.17, 15) is 0 Å². The minimum absolute atomic E-state index is 0.00536. The Labute approximate surface area is 140 Å². The predicted molar refractivity (Wildman–Crippen MR) is 95.0 cm³/mol. The smallest absolute Gasteiger partial charge is 0.227 e. The van der Waals surface area contributed by atoms with Gasteiger partial charge in [-0.25, -0.2) is 0 Å². The third-order valence-corrected chi connectivity index (χ3v) is 3.70. The van der Waals surface area contributed by atoms with Gasteiger partial charge < -0.3 is 15.8 Å². The van der Waals surface area contributed by atoms with Crippen molar-refractivity contribution in [2.24, 2.45) is 7.05 Å². The molecule has 7 heteroatoms. The lowest BCUT2D eigenvalue weighted by molar-refractivity contribution is 0.242. The summed E-state index contributed by atoms with van der Waals surface area (Å²) >= 11 is 0. The molecule has 1 aromatic carbocycles. The monoisotopic (exact) mass is 326 g/mol. The molecule has 1 atom stereocenters. The van der Waals surface area contributed by atoms with Crippen molar-refractivity contribution in [2.75, 3.05) is 11.1 Å². The number of rotatable bonds is 5. The van der Waals surface area contributed by atoms with Crippen molar-refractivity contribution in [1.29, 1.82) is 0 Å². The number of nitrogens with two attached hydrogens (primary N) is 1. The molecule has 126 valence electrons. The van der Waals surface area contributed by atoms with Crippen LogP contribution in [0, 0.1) is 0 Å². The van der Waals surface area contributed by atoms with Crippen LogP contribution >= 0.6 is 0 Å². The Bertz CT molecular complexity index is 857. The first-order valence-corrected chi connectivity index (χ1v) is 7.92. The van der Waals surface area contributed by atoms with E-state index < -0.39 is 0 Å². The van der Waals surface area contributed by atoms with Crippen LogP contribution in [-0.2, 0) is 7.05 Å². The van der Waals surface area contributed by atoms with Crippen molar-refractivity contribution in [3.8, 4) is 5.75 Å². The minimum atomic E-state index is 0.00536. The van der Waals surface area contributed by atoms with Gasteiger partial charge >= 0.3 is 0 Å². The van der Waals surface area contributed by atoms with Crippen molar-refractivity contribution in [1.82, 2.24) is 19.7 Å². The second-order valence-electron chi connectivity index (χ2n) is 6.04. The number of hydrogen-bond acceptors (Lipinski definition) is 6. The van der Waals surface area contributed by atoms with E-state index in [1.54, 1.807) is 10.9 Å². The van der Waals surface area contributed by atoms with Crippen molar-refractivity contribution in [3.63, 3.8) is 0 Å². The lowest BCUT2D eigenvalue weighted by atomic mass is 10.1. The average molecular weight is 326 g/mol. The number of nitrogens with zero attached hydrogens (tertiary/aromatic N) is 4. The van der Waals surface area contributed by atoms with Gasteiger partial charge in [-0.2, -0.15) is 15.1 Å². The zero-order chi connectivity index (χ0) is 17.3. The molecule has 1 unspecified atom stereocenters. The standard InChI is InChI=1S/C17H22N6O/c1-10(2)24-13-7-5-6-12(8-13)11(3)20-17-21-15(18)14-9-19-23(4)16(14)22-17/h5-11H,1-4H3,(H3,18,20,21,22). The summed E-state index contributed by atoms with van der Waals surface area (Å²) in [5.74, 6) is 1.74. The van der Waals surface area contributed by atoms with Crippen molar-refractivity contribution >= 4 is 22.8 Å².